The number of hydrogen-bond donors (Lipinski definition) is 1. The minimum atomic E-state index is -0.406. The minimum Gasteiger partial charge on any atom is -0.444 e. The molecule has 1 aliphatic carbocycles. The van der Waals surface area contributed by atoms with E-state index >= 15 is 0 Å². The average Bonchev–Trinajstić information content (AvgIpc) is 2.26. The van der Waals surface area contributed by atoms with Gasteiger partial charge in [-0.25, -0.2) is 4.79 Å². The zero-order valence-corrected chi connectivity index (χ0v) is 12.8. The van der Waals surface area contributed by atoms with Crippen molar-refractivity contribution < 1.29 is 9.53 Å². The number of nitrogens with one attached hydrogen (secondary N) is 1. The second-order valence-corrected chi connectivity index (χ2v) is 7.00. The van der Waals surface area contributed by atoms with Crippen molar-refractivity contribution in [2.24, 2.45) is 5.41 Å². The summed E-state index contributed by atoms with van der Waals surface area (Å²) in [6, 6.07) is 0.438. The van der Waals surface area contributed by atoms with Crippen molar-refractivity contribution in [1.29, 1.82) is 0 Å². The molecule has 1 saturated carbocycles. The van der Waals surface area contributed by atoms with Crippen molar-refractivity contribution in [3.8, 4) is 0 Å². The average molecular weight is 268 g/mol. The number of amides is 1. The van der Waals surface area contributed by atoms with Crippen LogP contribution < -0.4 is 5.32 Å². The van der Waals surface area contributed by atoms with Gasteiger partial charge >= 0.3 is 6.09 Å². The first kappa shape index (κ1) is 14.6. The highest BCUT2D eigenvalue weighted by Crippen LogP contribution is 2.47. The molecule has 19 heavy (non-hydrogen) atoms. The Morgan fingerprint density at radius 1 is 1.42 bits per heavy atom. The van der Waals surface area contributed by atoms with Crippen LogP contribution >= 0.6 is 0 Å². The van der Waals surface area contributed by atoms with E-state index < -0.39 is 5.60 Å². The highest BCUT2D eigenvalue weighted by molar-refractivity contribution is 5.68. The molecule has 2 aliphatic rings. The van der Waals surface area contributed by atoms with E-state index in [0.29, 0.717) is 11.5 Å². The largest absolute Gasteiger partial charge is 0.444 e. The van der Waals surface area contributed by atoms with Crippen LogP contribution in [0.4, 0.5) is 4.79 Å². The molecule has 1 N–H and O–H groups in total. The third-order valence-electron chi connectivity index (χ3n) is 4.62. The number of piperazine rings is 1. The van der Waals surface area contributed by atoms with Crippen LogP contribution in [-0.2, 0) is 4.74 Å². The first-order valence-corrected chi connectivity index (χ1v) is 7.58. The molecule has 1 saturated heterocycles. The Labute approximate surface area is 116 Å². The Kier molecular flexibility index (Phi) is 4.09. The van der Waals surface area contributed by atoms with Crippen molar-refractivity contribution in [2.75, 3.05) is 19.6 Å². The van der Waals surface area contributed by atoms with Crippen LogP contribution in [0, 0.1) is 5.41 Å². The van der Waals surface area contributed by atoms with Crippen LogP contribution in [0.2, 0.25) is 0 Å². The lowest BCUT2D eigenvalue weighted by Crippen LogP contribution is -2.61. The molecule has 1 atom stereocenters. The van der Waals surface area contributed by atoms with E-state index in [1.165, 1.54) is 25.7 Å². The number of rotatable bonds is 2. The molecule has 1 unspecified atom stereocenters. The highest BCUT2D eigenvalue weighted by Gasteiger charge is 2.44. The van der Waals surface area contributed by atoms with Crippen LogP contribution in [0.5, 0.6) is 0 Å². The summed E-state index contributed by atoms with van der Waals surface area (Å²) in [6.07, 6.45) is 4.96. The van der Waals surface area contributed by atoms with Gasteiger partial charge in [0, 0.05) is 25.7 Å². The van der Waals surface area contributed by atoms with Gasteiger partial charge in [-0.3, -0.25) is 0 Å². The Balaban J connectivity index is 1.95. The van der Waals surface area contributed by atoms with Gasteiger partial charge in [0.1, 0.15) is 5.60 Å². The predicted octanol–water partition coefficient (Wildman–Crippen LogP) is 2.78. The molecular weight excluding hydrogens is 240 g/mol. The van der Waals surface area contributed by atoms with Crippen molar-refractivity contribution in [1.82, 2.24) is 10.2 Å². The highest BCUT2D eigenvalue weighted by atomic mass is 16.6. The van der Waals surface area contributed by atoms with Gasteiger partial charge in [0.25, 0.3) is 0 Å². The molecule has 4 nitrogen and oxygen atoms in total. The molecule has 1 amide bonds. The van der Waals surface area contributed by atoms with Crippen molar-refractivity contribution in [2.45, 2.75) is 65.0 Å². The Morgan fingerprint density at radius 2 is 2.11 bits per heavy atom. The molecule has 2 fully saturated rings. The maximum atomic E-state index is 12.2. The lowest BCUT2D eigenvalue weighted by Gasteiger charge is -2.51. The van der Waals surface area contributed by atoms with E-state index in [-0.39, 0.29) is 6.09 Å². The summed E-state index contributed by atoms with van der Waals surface area (Å²) in [5.41, 5.74) is 0.0110. The van der Waals surface area contributed by atoms with Gasteiger partial charge in [-0.2, -0.15) is 0 Å². The van der Waals surface area contributed by atoms with Crippen molar-refractivity contribution in [3.05, 3.63) is 0 Å². The first-order valence-electron chi connectivity index (χ1n) is 7.58. The van der Waals surface area contributed by atoms with Crippen LogP contribution in [0.1, 0.15) is 53.4 Å². The van der Waals surface area contributed by atoms with Gasteiger partial charge in [0.05, 0.1) is 0 Å². The smallest absolute Gasteiger partial charge is 0.410 e. The monoisotopic (exact) mass is 268 g/mol. The zero-order valence-electron chi connectivity index (χ0n) is 12.8. The maximum absolute atomic E-state index is 12.2. The topological polar surface area (TPSA) is 41.6 Å². The van der Waals surface area contributed by atoms with Gasteiger partial charge in [-0.05, 0) is 45.4 Å². The number of hydrogen-bond acceptors (Lipinski definition) is 3. The van der Waals surface area contributed by atoms with Gasteiger partial charge in [0.15, 0.2) is 0 Å². The Hall–Kier alpha value is -0.770. The van der Waals surface area contributed by atoms with E-state index in [9.17, 15) is 4.79 Å². The molecular formula is C15H28N2O2. The molecule has 0 aromatic carbocycles. The van der Waals surface area contributed by atoms with E-state index in [1.54, 1.807) is 0 Å². The quantitative estimate of drug-likeness (QED) is 0.837. The standard InChI is InChI=1S/C15H28N2O2/c1-5-15(7-6-8-15)12-11-17(10-9-16-12)13(18)19-14(2,3)4/h12,16H,5-11H2,1-4H3. The summed E-state index contributed by atoms with van der Waals surface area (Å²) in [5.74, 6) is 0. The van der Waals surface area contributed by atoms with Crippen LogP contribution in [0.15, 0.2) is 0 Å². The lowest BCUT2D eigenvalue weighted by molar-refractivity contribution is -0.00287. The number of carbonyl (C=O) groups excluding carboxylic acids is 1. The van der Waals surface area contributed by atoms with Crippen LogP contribution in [0.3, 0.4) is 0 Å². The molecule has 0 spiro atoms. The molecule has 4 heteroatoms. The van der Waals surface area contributed by atoms with E-state index in [1.807, 2.05) is 25.7 Å². The maximum Gasteiger partial charge on any atom is 0.410 e. The zero-order chi connectivity index (χ0) is 14.1. The Bertz CT molecular complexity index is 326. The molecule has 110 valence electrons. The molecule has 1 aliphatic heterocycles. The lowest BCUT2D eigenvalue weighted by atomic mass is 9.62. The predicted molar refractivity (Wildman–Crippen MR) is 76.2 cm³/mol. The van der Waals surface area contributed by atoms with Gasteiger partial charge in [-0.1, -0.05) is 13.3 Å². The number of carbonyl (C=O) groups is 1. The fourth-order valence-corrected chi connectivity index (χ4v) is 3.23. The fourth-order valence-electron chi connectivity index (χ4n) is 3.23. The fraction of sp³-hybridized carbons (Fsp3) is 0.933. The minimum absolute atomic E-state index is 0.162. The van der Waals surface area contributed by atoms with Crippen LogP contribution in [0.25, 0.3) is 0 Å². The number of nitrogens with zero attached hydrogens (tertiary/aromatic N) is 1. The van der Waals surface area contributed by atoms with Crippen molar-refractivity contribution in [3.63, 3.8) is 0 Å². The van der Waals surface area contributed by atoms with E-state index in [0.717, 1.165) is 19.6 Å². The summed E-state index contributed by atoms with van der Waals surface area (Å²) in [7, 11) is 0. The normalized spacial score (nSPS) is 26.7. The number of ether oxygens (including phenoxy) is 1. The van der Waals surface area contributed by atoms with Gasteiger partial charge in [-0.15, -0.1) is 0 Å². The van der Waals surface area contributed by atoms with Crippen molar-refractivity contribution >= 4 is 6.09 Å². The van der Waals surface area contributed by atoms with Gasteiger partial charge in [0.2, 0.25) is 0 Å². The first-order chi connectivity index (χ1) is 8.86. The second-order valence-electron chi connectivity index (χ2n) is 7.00. The molecule has 0 aromatic heterocycles. The van der Waals surface area contributed by atoms with E-state index in [4.69, 9.17) is 4.74 Å². The summed E-state index contributed by atoms with van der Waals surface area (Å²) < 4.78 is 5.48. The molecule has 1 heterocycles. The summed E-state index contributed by atoms with van der Waals surface area (Å²) in [5, 5.41) is 3.61. The summed E-state index contributed by atoms with van der Waals surface area (Å²) >= 11 is 0. The molecule has 2 rings (SSSR count). The van der Waals surface area contributed by atoms with E-state index in [2.05, 4.69) is 12.2 Å². The summed E-state index contributed by atoms with van der Waals surface area (Å²) in [4.78, 5) is 14.0. The second kappa shape index (κ2) is 5.31. The van der Waals surface area contributed by atoms with Gasteiger partial charge < -0.3 is 15.0 Å². The summed E-state index contributed by atoms with van der Waals surface area (Å²) in [6.45, 7) is 10.5. The van der Waals surface area contributed by atoms with Crippen LogP contribution in [-0.4, -0.2) is 42.3 Å². The Morgan fingerprint density at radius 3 is 2.58 bits per heavy atom. The molecule has 0 radical (unpaired) electrons. The molecule has 0 bridgehead atoms. The third kappa shape index (κ3) is 3.22. The molecule has 0 aromatic rings. The SMILES string of the molecule is CCC1(C2CN(C(=O)OC(C)(C)C)CCN2)CCC1. The third-order valence-corrected chi connectivity index (χ3v) is 4.62.